The molecule has 0 aliphatic carbocycles. The van der Waals surface area contributed by atoms with Crippen molar-refractivity contribution in [1.82, 2.24) is 9.97 Å². The summed E-state index contributed by atoms with van der Waals surface area (Å²) in [4.78, 5) is 7.06. The van der Waals surface area contributed by atoms with Gasteiger partial charge in [-0.05, 0) is 0 Å². The maximum absolute atomic E-state index is 14.2. The van der Waals surface area contributed by atoms with Crippen LogP contribution in [0.25, 0.3) is 10.3 Å². The molecule has 0 bridgehead atoms. The van der Waals surface area contributed by atoms with Crippen molar-refractivity contribution in [2.45, 2.75) is 31.1 Å². The molecular formula is C17H18F3N3O3S2. The Labute approximate surface area is 163 Å². The van der Waals surface area contributed by atoms with Crippen molar-refractivity contribution in [2.24, 2.45) is 0 Å². The number of benzene rings is 1. The Morgan fingerprint density at radius 3 is 2.61 bits per heavy atom. The van der Waals surface area contributed by atoms with Gasteiger partial charge in [0.05, 0.1) is 10.4 Å². The molecule has 152 valence electrons. The quantitative estimate of drug-likeness (QED) is 0.605. The highest BCUT2D eigenvalue weighted by atomic mass is 32.2. The smallest absolute Gasteiger partial charge is 0.265 e. The number of hydrogen-bond acceptors (Lipinski definition) is 5. The Hall–Kier alpha value is -2.27. The summed E-state index contributed by atoms with van der Waals surface area (Å²) in [5.41, 5.74) is -0.458. The first kappa shape index (κ1) is 20.5. The largest absolute Gasteiger partial charge is 0.488 e. The fraction of sp³-hybridized carbons (Fsp3) is 0.353. The Bertz CT molecular complexity index is 1120. The van der Waals surface area contributed by atoms with Gasteiger partial charge >= 0.3 is 0 Å². The SMILES string of the molecule is CC(C)(C)c1nc2[nH]cc(S(=O)(=O)Nc3cc(F)c(OCCF)cc3F)c2s1. The molecule has 28 heavy (non-hydrogen) atoms. The molecular weight excluding hydrogens is 415 g/mol. The normalized spacial score (nSPS) is 12.5. The summed E-state index contributed by atoms with van der Waals surface area (Å²) in [7, 11) is -4.22. The molecule has 0 unspecified atom stereocenters. The number of ether oxygens (including phenoxy) is 1. The third kappa shape index (κ3) is 3.95. The van der Waals surface area contributed by atoms with E-state index in [2.05, 4.69) is 9.97 Å². The van der Waals surface area contributed by atoms with E-state index in [-0.39, 0.29) is 10.3 Å². The van der Waals surface area contributed by atoms with E-state index in [9.17, 15) is 21.6 Å². The Morgan fingerprint density at radius 2 is 1.96 bits per heavy atom. The maximum Gasteiger partial charge on any atom is 0.265 e. The molecule has 2 aromatic heterocycles. The first-order valence-electron chi connectivity index (χ1n) is 8.22. The molecule has 6 nitrogen and oxygen atoms in total. The van der Waals surface area contributed by atoms with Gasteiger partial charge in [0, 0.05) is 23.7 Å². The van der Waals surface area contributed by atoms with Crippen molar-refractivity contribution in [1.29, 1.82) is 0 Å². The van der Waals surface area contributed by atoms with Crippen molar-refractivity contribution in [3.63, 3.8) is 0 Å². The van der Waals surface area contributed by atoms with Gasteiger partial charge in [-0.25, -0.2) is 26.6 Å². The molecule has 11 heteroatoms. The molecule has 0 amide bonds. The van der Waals surface area contributed by atoms with E-state index < -0.39 is 46.4 Å². The minimum absolute atomic E-state index is 0.118. The molecule has 1 aromatic carbocycles. The number of rotatable bonds is 6. The summed E-state index contributed by atoms with van der Waals surface area (Å²) in [6, 6.07) is 1.32. The number of nitrogens with zero attached hydrogens (tertiary/aromatic N) is 1. The number of nitrogens with one attached hydrogen (secondary N) is 2. The van der Waals surface area contributed by atoms with Crippen LogP contribution in [0.1, 0.15) is 25.8 Å². The number of aromatic amines is 1. The lowest BCUT2D eigenvalue weighted by Crippen LogP contribution is -2.14. The lowest BCUT2D eigenvalue weighted by atomic mass is 9.98. The maximum atomic E-state index is 14.2. The zero-order chi connectivity index (χ0) is 20.7. The van der Waals surface area contributed by atoms with Crippen molar-refractivity contribution < 1.29 is 26.3 Å². The highest BCUT2D eigenvalue weighted by Gasteiger charge is 2.26. The molecule has 0 spiro atoms. The average Bonchev–Trinajstić information content (AvgIpc) is 3.16. The van der Waals surface area contributed by atoms with Crippen molar-refractivity contribution in [3.8, 4) is 5.75 Å². The summed E-state index contributed by atoms with van der Waals surface area (Å²) < 4.78 is 73.0. The molecule has 2 heterocycles. The Morgan fingerprint density at radius 1 is 1.25 bits per heavy atom. The second kappa shape index (κ2) is 7.28. The zero-order valence-electron chi connectivity index (χ0n) is 15.3. The van der Waals surface area contributed by atoms with Crippen LogP contribution < -0.4 is 9.46 Å². The van der Waals surface area contributed by atoms with Crippen LogP contribution in [-0.4, -0.2) is 31.7 Å². The fourth-order valence-electron chi connectivity index (χ4n) is 2.37. The standard InChI is InChI=1S/C17H18F3N3O3S2/c1-17(2,3)16-22-15-14(27-16)13(8-21-15)28(24,25)23-11-6-10(20)12(7-9(11)19)26-5-4-18/h6-8,21,23H,4-5H2,1-3H3. The van der Waals surface area contributed by atoms with E-state index in [1.54, 1.807) is 0 Å². The van der Waals surface area contributed by atoms with E-state index in [1.165, 1.54) is 17.5 Å². The monoisotopic (exact) mass is 433 g/mol. The molecule has 0 fully saturated rings. The molecule has 0 aliphatic heterocycles. The molecule has 0 aliphatic rings. The van der Waals surface area contributed by atoms with Gasteiger partial charge in [0.2, 0.25) is 0 Å². The number of alkyl halides is 1. The van der Waals surface area contributed by atoms with Crippen molar-refractivity contribution in [3.05, 3.63) is 35.0 Å². The van der Waals surface area contributed by atoms with E-state index in [1.807, 2.05) is 25.5 Å². The predicted molar refractivity (Wildman–Crippen MR) is 101 cm³/mol. The van der Waals surface area contributed by atoms with Gasteiger partial charge in [-0.2, -0.15) is 0 Å². The van der Waals surface area contributed by atoms with Gasteiger partial charge < -0.3 is 9.72 Å². The van der Waals surface area contributed by atoms with Crippen molar-refractivity contribution >= 4 is 37.4 Å². The van der Waals surface area contributed by atoms with E-state index in [0.29, 0.717) is 22.5 Å². The first-order valence-corrected chi connectivity index (χ1v) is 10.5. The summed E-state index contributed by atoms with van der Waals surface area (Å²) in [5, 5.41) is 0.734. The van der Waals surface area contributed by atoms with Gasteiger partial charge in [-0.1, -0.05) is 20.8 Å². The number of halogens is 3. The van der Waals surface area contributed by atoms with Crippen LogP contribution in [0.3, 0.4) is 0 Å². The van der Waals surface area contributed by atoms with Crippen LogP contribution in [-0.2, 0) is 15.4 Å². The van der Waals surface area contributed by atoms with Crippen molar-refractivity contribution in [2.75, 3.05) is 18.0 Å². The fourth-order valence-corrected chi connectivity index (χ4v) is 4.93. The topological polar surface area (TPSA) is 84.1 Å². The molecule has 0 saturated carbocycles. The van der Waals surface area contributed by atoms with Gasteiger partial charge in [0.1, 0.15) is 28.8 Å². The summed E-state index contributed by atoms with van der Waals surface area (Å²) >= 11 is 1.21. The molecule has 2 N–H and O–H groups in total. The summed E-state index contributed by atoms with van der Waals surface area (Å²) in [6.07, 6.45) is 1.25. The molecule has 3 aromatic rings. The molecule has 0 radical (unpaired) electrons. The zero-order valence-corrected chi connectivity index (χ0v) is 16.9. The predicted octanol–water partition coefficient (Wildman–Crippen LogP) is 4.35. The number of thiazole rings is 1. The Kier molecular flexibility index (Phi) is 5.32. The number of H-pyrrole nitrogens is 1. The van der Waals surface area contributed by atoms with E-state index in [4.69, 9.17) is 4.74 Å². The first-order chi connectivity index (χ1) is 13.0. The number of anilines is 1. The van der Waals surface area contributed by atoms with Crippen LogP contribution in [0.2, 0.25) is 0 Å². The minimum Gasteiger partial charge on any atom is -0.488 e. The minimum atomic E-state index is -4.22. The summed E-state index contributed by atoms with van der Waals surface area (Å²) in [6.45, 7) is 4.53. The summed E-state index contributed by atoms with van der Waals surface area (Å²) in [5.74, 6) is -2.57. The number of sulfonamides is 1. The molecule has 0 saturated heterocycles. The van der Waals surface area contributed by atoms with Gasteiger partial charge in [0.15, 0.2) is 17.4 Å². The van der Waals surface area contributed by atoms with Gasteiger partial charge in [-0.3, -0.25) is 4.72 Å². The van der Waals surface area contributed by atoms with Gasteiger partial charge in [-0.15, -0.1) is 11.3 Å². The van der Waals surface area contributed by atoms with Crippen LogP contribution in [0, 0.1) is 11.6 Å². The van der Waals surface area contributed by atoms with E-state index in [0.717, 1.165) is 5.01 Å². The highest BCUT2D eigenvalue weighted by molar-refractivity contribution is 7.93. The van der Waals surface area contributed by atoms with Crippen LogP contribution in [0.15, 0.2) is 23.2 Å². The van der Waals surface area contributed by atoms with Crippen LogP contribution in [0.5, 0.6) is 5.75 Å². The average molecular weight is 433 g/mol. The highest BCUT2D eigenvalue weighted by Crippen LogP contribution is 2.35. The molecule has 3 rings (SSSR count). The van der Waals surface area contributed by atoms with Crippen LogP contribution >= 0.6 is 11.3 Å². The van der Waals surface area contributed by atoms with Crippen LogP contribution in [0.4, 0.5) is 18.9 Å². The third-order valence-corrected chi connectivity index (χ3v) is 6.76. The van der Waals surface area contributed by atoms with Gasteiger partial charge in [0.25, 0.3) is 10.0 Å². The third-order valence-electron chi connectivity index (χ3n) is 3.72. The van der Waals surface area contributed by atoms with E-state index >= 15 is 0 Å². The lowest BCUT2D eigenvalue weighted by molar-refractivity contribution is 0.261. The number of hydrogen-bond donors (Lipinski definition) is 2. The Balaban J connectivity index is 1.95. The molecule has 0 atom stereocenters. The lowest BCUT2D eigenvalue weighted by Gasteiger charge is -2.13. The second-order valence-corrected chi connectivity index (χ2v) is 9.65. The second-order valence-electron chi connectivity index (χ2n) is 7.01. The number of aromatic nitrogens is 2. The number of fused-ring (bicyclic) bond motifs is 1.